The van der Waals surface area contributed by atoms with E-state index in [0.29, 0.717) is 5.02 Å². The van der Waals surface area contributed by atoms with Crippen molar-refractivity contribution in [1.29, 1.82) is 0 Å². The first-order chi connectivity index (χ1) is 12.5. The Morgan fingerprint density at radius 3 is 2.15 bits per heavy atom. The number of anilines is 1. The fourth-order valence-electron chi connectivity index (χ4n) is 2.84. The Morgan fingerprint density at radius 2 is 1.54 bits per heavy atom. The van der Waals surface area contributed by atoms with Crippen molar-refractivity contribution in [2.24, 2.45) is 0 Å². The lowest BCUT2D eigenvalue weighted by Crippen LogP contribution is -1.98. The first-order valence-electron chi connectivity index (χ1n) is 8.57. The van der Waals surface area contributed by atoms with Gasteiger partial charge in [0.1, 0.15) is 0 Å². The molecule has 0 bridgehead atoms. The summed E-state index contributed by atoms with van der Waals surface area (Å²) in [5, 5.41) is 4.01. The molecule has 0 amide bonds. The molecular weight excluding hydrogens is 338 g/mol. The summed E-state index contributed by atoms with van der Waals surface area (Å²) in [4.78, 5) is 0. The van der Waals surface area contributed by atoms with Crippen molar-refractivity contribution in [2.45, 2.75) is 13.3 Å². The first-order valence-corrected chi connectivity index (χ1v) is 8.95. The third-order valence-corrected chi connectivity index (χ3v) is 4.59. The van der Waals surface area contributed by atoms with E-state index in [-0.39, 0.29) is 0 Å². The molecule has 3 rings (SSSR count). The molecule has 0 aliphatic carbocycles. The minimum atomic E-state index is 0.688. The maximum atomic E-state index is 6.32. The monoisotopic (exact) mass is 359 g/mol. The molecule has 3 aromatic carbocycles. The third kappa shape index (κ3) is 4.44. The van der Waals surface area contributed by atoms with Gasteiger partial charge in [-0.1, -0.05) is 85.4 Å². The number of halogens is 1. The van der Waals surface area contributed by atoms with Gasteiger partial charge >= 0.3 is 0 Å². The van der Waals surface area contributed by atoms with Gasteiger partial charge in [0, 0.05) is 11.4 Å². The normalized spacial score (nSPS) is 10.4. The molecule has 0 saturated carbocycles. The Kier molecular flexibility index (Phi) is 5.60. The highest BCUT2D eigenvalue weighted by Crippen LogP contribution is 2.27. The number of rotatable bonds is 6. The van der Waals surface area contributed by atoms with Gasteiger partial charge in [-0.2, -0.15) is 0 Å². The fraction of sp³-hybridized carbons (Fsp3) is 0.0833. The van der Waals surface area contributed by atoms with Crippen LogP contribution in [0.2, 0.25) is 5.02 Å². The minimum absolute atomic E-state index is 0.688. The van der Waals surface area contributed by atoms with Crippen LogP contribution in [0, 0.1) is 0 Å². The summed E-state index contributed by atoms with van der Waals surface area (Å²) in [5.74, 6) is 0. The predicted octanol–water partition coefficient (Wildman–Crippen LogP) is 7.05. The zero-order valence-electron chi connectivity index (χ0n) is 14.9. The second-order valence-corrected chi connectivity index (χ2v) is 6.85. The summed E-state index contributed by atoms with van der Waals surface area (Å²) in [6, 6.07) is 24.8. The summed E-state index contributed by atoms with van der Waals surface area (Å²) < 4.78 is 0. The molecule has 26 heavy (non-hydrogen) atoms. The maximum Gasteiger partial charge on any atom is 0.0501 e. The molecule has 1 nitrogen and oxygen atoms in total. The number of nitrogens with one attached hydrogen (secondary N) is 1. The summed E-state index contributed by atoms with van der Waals surface area (Å²) in [5.41, 5.74) is 7.32. The summed E-state index contributed by atoms with van der Waals surface area (Å²) in [6.45, 7) is 10.0. The van der Waals surface area contributed by atoms with Gasteiger partial charge in [0.25, 0.3) is 0 Å². The highest BCUT2D eigenvalue weighted by molar-refractivity contribution is 6.32. The number of allylic oxidation sites excluding steroid dienone is 1. The molecule has 0 unspecified atom stereocenters. The Balaban J connectivity index is 1.68. The van der Waals surface area contributed by atoms with Gasteiger partial charge in [-0.3, -0.25) is 0 Å². The lowest BCUT2D eigenvalue weighted by atomic mass is 10.0. The number of benzene rings is 3. The zero-order valence-corrected chi connectivity index (χ0v) is 15.7. The van der Waals surface area contributed by atoms with Crippen molar-refractivity contribution in [2.75, 3.05) is 5.32 Å². The highest BCUT2D eigenvalue weighted by Gasteiger charge is 2.05. The van der Waals surface area contributed by atoms with Gasteiger partial charge in [-0.05, 0) is 53.3 Å². The van der Waals surface area contributed by atoms with Crippen molar-refractivity contribution in [3.05, 3.63) is 113 Å². The molecule has 0 fully saturated rings. The molecule has 0 aliphatic heterocycles. The van der Waals surface area contributed by atoms with Crippen LogP contribution in [-0.4, -0.2) is 0 Å². The molecule has 0 spiro atoms. The van der Waals surface area contributed by atoms with E-state index >= 15 is 0 Å². The second-order valence-electron chi connectivity index (χ2n) is 6.44. The van der Waals surface area contributed by atoms with Crippen molar-refractivity contribution >= 4 is 28.6 Å². The van der Waals surface area contributed by atoms with Crippen LogP contribution in [-0.2, 0) is 6.42 Å². The van der Waals surface area contributed by atoms with E-state index < -0.39 is 0 Å². The average Bonchev–Trinajstić information content (AvgIpc) is 2.63. The van der Waals surface area contributed by atoms with Gasteiger partial charge in [0.05, 0.1) is 5.02 Å². The smallest absolute Gasteiger partial charge is 0.0501 e. The van der Waals surface area contributed by atoms with Gasteiger partial charge < -0.3 is 5.32 Å². The van der Waals surface area contributed by atoms with E-state index in [4.69, 9.17) is 11.6 Å². The second kappa shape index (κ2) is 8.07. The van der Waals surface area contributed by atoms with Crippen LogP contribution >= 0.6 is 11.6 Å². The first kappa shape index (κ1) is 18.0. The van der Waals surface area contributed by atoms with Crippen molar-refractivity contribution in [1.82, 2.24) is 0 Å². The standard InChI is InChI=1S/C24H22ClN/c1-17(2)23-14-13-22(16-24(23)25)26-18(3)21-11-9-20(10-12-21)15-19-7-5-4-6-8-19/h4-14,16,26H,1,3,15H2,2H3. The van der Waals surface area contributed by atoms with Crippen molar-refractivity contribution in [3.63, 3.8) is 0 Å². The molecule has 2 heteroatoms. The average molecular weight is 360 g/mol. The third-order valence-electron chi connectivity index (χ3n) is 4.28. The molecular formula is C24H22ClN. The van der Waals surface area contributed by atoms with Crippen LogP contribution < -0.4 is 5.32 Å². The van der Waals surface area contributed by atoms with Crippen LogP contribution in [0.1, 0.15) is 29.2 Å². The number of hydrogen-bond donors (Lipinski definition) is 1. The van der Waals surface area contributed by atoms with E-state index in [1.54, 1.807) is 0 Å². The quantitative estimate of drug-likeness (QED) is 0.497. The summed E-state index contributed by atoms with van der Waals surface area (Å²) in [6.07, 6.45) is 0.930. The van der Waals surface area contributed by atoms with Crippen LogP contribution in [0.5, 0.6) is 0 Å². The maximum absolute atomic E-state index is 6.32. The molecule has 1 N–H and O–H groups in total. The van der Waals surface area contributed by atoms with Gasteiger partial charge in [-0.15, -0.1) is 0 Å². The summed E-state index contributed by atoms with van der Waals surface area (Å²) >= 11 is 6.32. The molecule has 3 aromatic rings. The van der Waals surface area contributed by atoms with Crippen LogP contribution in [0.25, 0.3) is 11.3 Å². The van der Waals surface area contributed by atoms with E-state index in [1.807, 2.05) is 31.2 Å². The van der Waals surface area contributed by atoms with Crippen LogP contribution in [0.3, 0.4) is 0 Å². The fourth-order valence-corrected chi connectivity index (χ4v) is 3.18. The van der Waals surface area contributed by atoms with E-state index in [0.717, 1.165) is 34.5 Å². The zero-order chi connectivity index (χ0) is 18.5. The molecule has 0 aromatic heterocycles. The molecule has 0 radical (unpaired) electrons. The van der Waals surface area contributed by atoms with Gasteiger partial charge in [0.2, 0.25) is 0 Å². The molecule has 0 aliphatic rings. The molecule has 130 valence electrons. The molecule has 0 atom stereocenters. The lowest BCUT2D eigenvalue weighted by molar-refractivity contribution is 1.19. The van der Waals surface area contributed by atoms with E-state index in [1.165, 1.54) is 11.1 Å². The largest absolute Gasteiger partial charge is 0.355 e. The predicted molar refractivity (Wildman–Crippen MR) is 115 cm³/mol. The Labute approximate surface area is 160 Å². The summed E-state index contributed by atoms with van der Waals surface area (Å²) in [7, 11) is 0. The SMILES string of the molecule is C=C(Nc1ccc(C(=C)C)c(Cl)c1)c1ccc(Cc2ccccc2)cc1. The Bertz CT molecular complexity index is 924. The van der Waals surface area contributed by atoms with Crippen LogP contribution in [0.15, 0.2) is 86.0 Å². The van der Waals surface area contributed by atoms with E-state index in [9.17, 15) is 0 Å². The highest BCUT2D eigenvalue weighted by atomic mass is 35.5. The number of hydrogen-bond acceptors (Lipinski definition) is 1. The van der Waals surface area contributed by atoms with E-state index in [2.05, 4.69) is 67.0 Å². The van der Waals surface area contributed by atoms with Crippen molar-refractivity contribution in [3.8, 4) is 0 Å². The lowest BCUT2D eigenvalue weighted by Gasteiger charge is -2.12. The molecule has 0 saturated heterocycles. The molecule has 0 heterocycles. The Morgan fingerprint density at radius 1 is 0.885 bits per heavy atom. The van der Waals surface area contributed by atoms with Gasteiger partial charge in [-0.25, -0.2) is 0 Å². The van der Waals surface area contributed by atoms with Gasteiger partial charge in [0.15, 0.2) is 0 Å². The minimum Gasteiger partial charge on any atom is -0.355 e. The Hall–Kier alpha value is -2.77. The topological polar surface area (TPSA) is 12.0 Å². The van der Waals surface area contributed by atoms with Crippen LogP contribution in [0.4, 0.5) is 5.69 Å². The van der Waals surface area contributed by atoms with Crippen molar-refractivity contribution < 1.29 is 0 Å².